The first-order valence-corrected chi connectivity index (χ1v) is 12.7. The minimum Gasteiger partial charge on any atom is -0.353 e. The molecule has 0 aliphatic carbocycles. The van der Waals surface area contributed by atoms with Crippen molar-refractivity contribution in [3.8, 4) is 0 Å². The number of piperazine rings is 1. The Labute approximate surface area is 207 Å². The Hall–Kier alpha value is -3.56. The molecule has 35 heavy (non-hydrogen) atoms. The van der Waals surface area contributed by atoms with Crippen molar-refractivity contribution in [3.63, 3.8) is 0 Å². The monoisotopic (exact) mass is 486 g/mol. The Morgan fingerprint density at radius 1 is 1.00 bits per heavy atom. The van der Waals surface area contributed by atoms with E-state index in [-0.39, 0.29) is 18.4 Å². The fourth-order valence-electron chi connectivity index (χ4n) is 4.88. The third-order valence-corrected chi connectivity index (χ3v) is 7.63. The van der Waals surface area contributed by atoms with Gasteiger partial charge in [0.15, 0.2) is 5.69 Å². The maximum Gasteiger partial charge on any atom is 0.275 e. The van der Waals surface area contributed by atoms with Crippen LogP contribution in [0.1, 0.15) is 32.3 Å². The molecule has 2 aliphatic heterocycles. The number of carbonyl (C=O) groups excluding carboxylic acids is 2. The van der Waals surface area contributed by atoms with Crippen LogP contribution in [0, 0.1) is 0 Å². The van der Waals surface area contributed by atoms with Crippen LogP contribution in [-0.2, 0) is 30.8 Å². The summed E-state index contributed by atoms with van der Waals surface area (Å²) in [6.07, 6.45) is 0.813. The summed E-state index contributed by atoms with van der Waals surface area (Å²) in [5.41, 5.74) is 4.73. The van der Waals surface area contributed by atoms with E-state index in [1.165, 1.54) is 4.70 Å². The van der Waals surface area contributed by atoms with Crippen molar-refractivity contribution >= 4 is 33.4 Å². The van der Waals surface area contributed by atoms with E-state index in [2.05, 4.69) is 28.4 Å². The van der Waals surface area contributed by atoms with E-state index in [9.17, 15) is 9.59 Å². The molecule has 2 aliphatic rings. The van der Waals surface area contributed by atoms with E-state index in [1.807, 2.05) is 41.1 Å². The minimum atomic E-state index is -0.162. The molecule has 0 radical (unpaired) electrons. The Balaban J connectivity index is 1.30. The van der Waals surface area contributed by atoms with Gasteiger partial charge < -0.3 is 10.2 Å². The summed E-state index contributed by atoms with van der Waals surface area (Å²) in [6, 6.07) is 18.4. The highest BCUT2D eigenvalue weighted by molar-refractivity contribution is 7.18. The first kappa shape index (κ1) is 21.9. The predicted molar refractivity (Wildman–Crippen MR) is 134 cm³/mol. The summed E-state index contributed by atoms with van der Waals surface area (Å²) in [5.74, 6) is -0.288. The number of nitrogens with zero attached hydrogens (tertiary/aromatic N) is 5. The average Bonchev–Trinajstić information content (AvgIpc) is 3.45. The topological polar surface area (TPSA) is 83.4 Å². The number of hydrogen-bond acceptors (Lipinski definition) is 6. The Morgan fingerprint density at radius 3 is 2.66 bits per heavy atom. The lowest BCUT2D eigenvalue weighted by atomic mass is 10.0. The van der Waals surface area contributed by atoms with Crippen molar-refractivity contribution in [2.75, 3.05) is 26.2 Å². The maximum atomic E-state index is 13.5. The van der Waals surface area contributed by atoms with Crippen LogP contribution < -0.4 is 5.32 Å². The van der Waals surface area contributed by atoms with Gasteiger partial charge in [-0.25, -0.2) is 4.98 Å². The fourth-order valence-corrected chi connectivity index (χ4v) is 5.89. The van der Waals surface area contributed by atoms with E-state index >= 15 is 0 Å². The molecule has 0 unspecified atom stereocenters. The zero-order chi connectivity index (χ0) is 23.8. The largest absolute Gasteiger partial charge is 0.353 e. The molecule has 0 atom stereocenters. The van der Waals surface area contributed by atoms with E-state index < -0.39 is 0 Å². The van der Waals surface area contributed by atoms with Crippen molar-refractivity contribution in [1.82, 2.24) is 29.9 Å². The van der Waals surface area contributed by atoms with E-state index in [1.54, 1.807) is 16.2 Å². The minimum absolute atomic E-state index is 0.0779. The van der Waals surface area contributed by atoms with Crippen molar-refractivity contribution < 1.29 is 9.59 Å². The van der Waals surface area contributed by atoms with Crippen molar-refractivity contribution in [2.24, 2.45) is 0 Å². The maximum absolute atomic E-state index is 13.5. The number of nitrogens with one attached hydrogen (secondary N) is 1. The summed E-state index contributed by atoms with van der Waals surface area (Å²) in [6.45, 7) is 3.93. The van der Waals surface area contributed by atoms with Gasteiger partial charge in [-0.1, -0.05) is 42.5 Å². The molecule has 4 aromatic rings. The lowest BCUT2D eigenvalue weighted by Gasteiger charge is -2.28. The fraction of sp³-hybridized carbons (Fsp3) is 0.308. The van der Waals surface area contributed by atoms with Gasteiger partial charge in [0.05, 0.1) is 29.9 Å². The molecule has 1 fully saturated rings. The number of thiazole rings is 1. The van der Waals surface area contributed by atoms with Crippen LogP contribution in [0.2, 0.25) is 0 Å². The highest BCUT2D eigenvalue weighted by atomic mass is 32.1. The third kappa shape index (κ3) is 4.44. The van der Waals surface area contributed by atoms with Crippen LogP contribution in [-0.4, -0.2) is 62.6 Å². The number of hydrogen-bond donors (Lipinski definition) is 1. The zero-order valence-corrected chi connectivity index (χ0v) is 20.1. The smallest absolute Gasteiger partial charge is 0.275 e. The first-order chi connectivity index (χ1) is 17.1. The SMILES string of the molecule is O=C1CN(C(=O)c2nn(Cc3ccccc3)c3c2CN(Cc2nc4ccccc4s2)CC3)CCN1. The van der Waals surface area contributed by atoms with Crippen LogP contribution in [0.5, 0.6) is 0 Å². The van der Waals surface area contributed by atoms with E-state index in [4.69, 9.17) is 10.1 Å². The first-order valence-electron chi connectivity index (χ1n) is 11.9. The standard InChI is InChI=1S/C26H26N6O2S/c33-23-16-31(13-11-27-23)26(34)25-19-15-30(17-24-28-20-8-4-5-9-22(20)35-24)12-10-21(19)32(29-25)14-18-6-2-1-3-7-18/h1-9H,10-17H2,(H,27,33). The summed E-state index contributed by atoms with van der Waals surface area (Å²) in [4.78, 5) is 34.2. The second-order valence-corrected chi connectivity index (χ2v) is 10.1. The second kappa shape index (κ2) is 9.24. The average molecular weight is 487 g/mol. The second-order valence-electron chi connectivity index (χ2n) is 9.03. The molecule has 6 rings (SSSR count). The van der Waals surface area contributed by atoms with Gasteiger partial charge in [0.25, 0.3) is 5.91 Å². The lowest BCUT2D eigenvalue weighted by molar-refractivity contribution is -0.123. The molecular weight excluding hydrogens is 460 g/mol. The van der Waals surface area contributed by atoms with Gasteiger partial charge in [-0.05, 0) is 17.7 Å². The highest BCUT2D eigenvalue weighted by Crippen LogP contribution is 2.28. The molecule has 0 spiro atoms. The molecule has 4 heterocycles. The van der Waals surface area contributed by atoms with Crippen LogP contribution in [0.15, 0.2) is 54.6 Å². The number of rotatable bonds is 5. The number of para-hydroxylation sites is 1. The van der Waals surface area contributed by atoms with Crippen molar-refractivity contribution in [2.45, 2.75) is 26.1 Å². The van der Waals surface area contributed by atoms with Gasteiger partial charge in [-0.3, -0.25) is 19.2 Å². The van der Waals surface area contributed by atoms with Gasteiger partial charge in [-0.15, -0.1) is 11.3 Å². The van der Waals surface area contributed by atoms with Gasteiger partial charge >= 0.3 is 0 Å². The van der Waals surface area contributed by atoms with Crippen molar-refractivity contribution in [3.05, 3.63) is 82.1 Å². The van der Waals surface area contributed by atoms with Gasteiger partial charge in [-0.2, -0.15) is 5.10 Å². The summed E-state index contributed by atoms with van der Waals surface area (Å²) >= 11 is 1.72. The highest BCUT2D eigenvalue weighted by Gasteiger charge is 2.32. The number of carbonyl (C=O) groups is 2. The Bertz CT molecular complexity index is 1360. The molecule has 2 aromatic heterocycles. The van der Waals surface area contributed by atoms with Crippen LogP contribution in [0.3, 0.4) is 0 Å². The van der Waals surface area contributed by atoms with Crippen LogP contribution >= 0.6 is 11.3 Å². The summed E-state index contributed by atoms with van der Waals surface area (Å²) < 4.78 is 3.17. The molecular formula is C26H26N6O2S. The van der Waals surface area contributed by atoms with Crippen molar-refractivity contribution in [1.29, 1.82) is 0 Å². The normalized spacial score (nSPS) is 16.3. The summed E-state index contributed by atoms with van der Waals surface area (Å²) in [5, 5.41) is 8.68. The lowest BCUT2D eigenvalue weighted by Crippen LogP contribution is -2.50. The third-order valence-electron chi connectivity index (χ3n) is 6.61. The molecule has 2 amide bonds. The molecule has 178 valence electrons. The quantitative estimate of drug-likeness (QED) is 0.469. The predicted octanol–water partition coefficient (Wildman–Crippen LogP) is 2.67. The van der Waals surface area contributed by atoms with Crippen LogP contribution in [0.4, 0.5) is 0 Å². The number of benzene rings is 2. The molecule has 8 nitrogen and oxygen atoms in total. The van der Waals surface area contributed by atoms with Crippen LogP contribution in [0.25, 0.3) is 10.2 Å². The molecule has 2 aromatic carbocycles. The Morgan fingerprint density at radius 2 is 1.83 bits per heavy atom. The van der Waals surface area contributed by atoms with E-state index in [0.29, 0.717) is 31.9 Å². The molecule has 1 N–H and O–H groups in total. The zero-order valence-electron chi connectivity index (χ0n) is 19.3. The number of aromatic nitrogens is 3. The Kier molecular flexibility index (Phi) is 5.79. The molecule has 0 saturated carbocycles. The van der Waals surface area contributed by atoms with Gasteiger partial charge in [0.2, 0.25) is 5.91 Å². The number of amides is 2. The number of fused-ring (bicyclic) bond motifs is 2. The van der Waals surface area contributed by atoms with Gasteiger partial charge in [0.1, 0.15) is 5.01 Å². The molecule has 9 heteroatoms. The molecule has 1 saturated heterocycles. The van der Waals surface area contributed by atoms with Gasteiger partial charge in [0, 0.05) is 43.9 Å². The van der Waals surface area contributed by atoms with E-state index in [0.717, 1.165) is 46.9 Å². The molecule has 0 bridgehead atoms. The summed E-state index contributed by atoms with van der Waals surface area (Å²) in [7, 11) is 0.